The molecule has 0 bridgehead atoms. The summed E-state index contributed by atoms with van der Waals surface area (Å²) in [7, 11) is 1.65. The van der Waals surface area contributed by atoms with Gasteiger partial charge in [-0.3, -0.25) is 0 Å². The van der Waals surface area contributed by atoms with E-state index in [1.807, 2.05) is 41.8 Å². The molecule has 0 spiro atoms. The largest absolute Gasteiger partial charge is 0.497 e. The lowest BCUT2D eigenvalue weighted by molar-refractivity contribution is 0.122. The predicted molar refractivity (Wildman–Crippen MR) is 102 cm³/mol. The highest BCUT2D eigenvalue weighted by molar-refractivity contribution is 7.13. The van der Waals surface area contributed by atoms with E-state index in [-0.39, 0.29) is 0 Å². The van der Waals surface area contributed by atoms with Crippen molar-refractivity contribution in [1.29, 1.82) is 0 Å². The maximum Gasteiger partial charge on any atom is 0.232 e. The minimum absolute atomic E-state index is 0.523. The Morgan fingerprint density at radius 2 is 1.88 bits per heavy atom. The molecular weight excluding hydrogens is 350 g/mol. The van der Waals surface area contributed by atoms with Gasteiger partial charge in [0.25, 0.3) is 0 Å². The van der Waals surface area contributed by atoms with E-state index in [0.717, 1.165) is 29.4 Å². The SMILES string of the molecule is COc1ccc(Nc2nc(-c3cccs3)nc(N3CCOCC3)n2)cc1. The summed E-state index contributed by atoms with van der Waals surface area (Å²) in [6.07, 6.45) is 0. The molecule has 1 saturated heterocycles. The van der Waals surface area contributed by atoms with Crippen molar-refractivity contribution >= 4 is 28.9 Å². The molecule has 4 rings (SSSR count). The molecule has 2 aromatic heterocycles. The van der Waals surface area contributed by atoms with Crippen LogP contribution >= 0.6 is 11.3 Å². The van der Waals surface area contributed by atoms with Gasteiger partial charge in [0.2, 0.25) is 11.9 Å². The van der Waals surface area contributed by atoms with Crippen LogP contribution < -0.4 is 15.0 Å². The highest BCUT2D eigenvalue weighted by Crippen LogP contribution is 2.26. The van der Waals surface area contributed by atoms with Crippen molar-refractivity contribution in [2.45, 2.75) is 0 Å². The van der Waals surface area contributed by atoms with Crippen molar-refractivity contribution in [2.24, 2.45) is 0 Å². The number of benzene rings is 1. The Balaban J connectivity index is 1.66. The summed E-state index contributed by atoms with van der Waals surface area (Å²) in [6, 6.07) is 11.7. The zero-order chi connectivity index (χ0) is 17.8. The van der Waals surface area contributed by atoms with Crippen LogP contribution in [0.3, 0.4) is 0 Å². The van der Waals surface area contributed by atoms with Crippen molar-refractivity contribution in [3.05, 3.63) is 41.8 Å². The molecule has 0 amide bonds. The minimum atomic E-state index is 0.523. The summed E-state index contributed by atoms with van der Waals surface area (Å²) >= 11 is 1.61. The molecule has 134 valence electrons. The summed E-state index contributed by atoms with van der Waals surface area (Å²) in [6.45, 7) is 2.91. The summed E-state index contributed by atoms with van der Waals surface area (Å²) in [5.74, 6) is 2.67. The van der Waals surface area contributed by atoms with Gasteiger partial charge in [-0.1, -0.05) is 6.07 Å². The number of hydrogen-bond acceptors (Lipinski definition) is 8. The Labute approximate surface area is 155 Å². The van der Waals surface area contributed by atoms with Crippen molar-refractivity contribution in [3.63, 3.8) is 0 Å². The van der Waals surface area contributed by atoms with Gasteiger partial charge in [0.05, 0.1) is 25.2 Å². The van der Waals surface area contributed by atoms with Gasteiger partial charge in [0.15, 0.2) is 5.82 Å². The molecule has 1 N–H and O–H groups in total. The van der Waals surface area contributed by atoms with Gasteiger partial charge in [-0.15, -0.1) is 11.3 Å². The third-order valence-electron chi connectivity index (χ3n) is 4.01. The number of aromatic nitrogens is 3. The van der Waals surface area contributed by atoms with Gasteiger partial charge >= 0.3 is 0 Å². The first-order valence-corrected chi connectivity index (χ1v) is 9.23. The average molecular weight is 369 g/mol. The molecule has 1 aliphatic heterocycles. The zero-order valence-corrected chi connectivity index (χ0v) is 15.2. The number of ether oxygens (including phenoxy) is 2. The second-order valence-electron chi connectivity index (χ2n) is 5.71. The number of nitrogens with zero attached hydrogens (tertiary/aromatic N) is 4. The molecule has 7 nitrogen and oxygen atoms in total. The first-order valence-electron chi connectivity index (χ1n) is 8.35. The zero-order valence-electron chi connectivity index (χ0n) is 14.4. The Bertz CT molecular complexity index is 849. The number of hydrogen-bond donors (Lipinski definition) is 1. The monoisotopic (exact) mass is 369 g/mol. The maximum absolute atomic E-state index is 5.43. The van der Waals surface area contributed by atoms with E-state index in [1.54, 1.807) is 18.4 Å². The molecule has 0 unspecified atom stereocenters. The van der Waals surface area contributed by atoms with Crippen LogP contribution in [0, 0.1) is 0 Å². The summed E-state index contributed by atoms with van der Waals surface area (Å²) in [5.41, 5.74) is 0.891. The molecule has 3 aromatic rings. The maximum atomic E-state index is 5.43. The van der Waals surface area contributed by atoms with E-state index < -0.39 is 0 Å². The van der Waals surface area contributed by atoms with Crippen LogP contribution in [0.25, 0.3) is 10.7 Å². The topological polar surface area (TPSA) is 72.4 Å². The first-order chi connectivity index (χ1) is 12.8. The second-order valence-corrected chi connectivity index (χ2v) is 6.66. The molecule has 3 heterocycles. The van der Waals surface area contributed by atoms with E-state index in [1.165, 1.54) is 0 Å². The van der Waals surface area contributed by atoms with E-state index in [4.69, 9.17) is 9.47 Å². The van der Waals surface area contributed by atoms with Crippen molar-refractivity contribution in [2.75, 3.05) is 43.6 Å². The van der Waals surface area contributed by atoms with Crippen LogP contribution in [0.4, 0.5) is 17.6 Å². The number of methoxy groups -OCH3 is 1. The fraction of sp³-hybridized carbons (Fsp3) is 0.278. The summed E-state index contributed by atoms with van der Waals surface area (Å²) in [5, 5.41) is 5.28. The molecular formula is C18H19N5O2S. The molecule has 1 aliphatic rings. The minimum Gasteiger partial charge on any atom is -0.497 e. The van der Waals surface area contributed by atoms with Crippen LogP contribution in [0.1, 0.15) is 0 Å². The Kier molecular flexibility index (Phi) is 4.94. The fourth-order valence-corrected chi connectivity index (χ4v) is 3.30. The predicted octanol–water partition coefficient (Wildman–Crippen LogP) is 3.19. The lowest BCUT2D eigenvalue weighted by Crippen LogP contribution is -2.37. The fourth-order valence-electron chi connectivity index (χ4n) is 2.64. The van der Waals surface area contributed by atoms with E-state index in [0.29, 0.717) is 30.9 Å². The quantitative estimate of drug-likeness (QED) is 0.740. The molecule has 26 heavy (non-hydrogen) atoms. The highest BCUT2D eigenvalue weighted by Gasteiger charge is 2.17. The van der Waals surface area contributed by atoms with E-state index >= 15 is 0 Å². The van der Waals surface area contributed by atoms with Gasteiger partial charge in [-0.25, -0.2) is 0 Å². The van der Waals surface area contributed by atoms with Gasteiger partial charge in [0.1, 0.15) is 5.75 Å². The third kappa shape index (κ3) is 3.76. The van der Waals surface area contributed by atoms with Gasteiger partial charge in [-0.2, -0.15) is 15.0 Å². The Hall–Kier alpha value is -2.71. The summed E-state index contributed by atoms with van der Waals surface area (Å²) < 4.78 is 10.6. The molecule has 8 heteroatoms. The van der Waals surface area contributed by atoms with Gasteiger partial charge in [0, 0.05) is 18.8 Å². The molecule has 1 fully saturated rings. The van der Waals surface area contributed by atoms with Crippen LogP contribution in [0.2, 0.25) is 0 Å². The van der Waals surface area contributed by atoms with Gasteiger partial charge < -0.3 is 19.7 Å². The molecule has 0 saturated carbocycles. The van der Waals surface area contributed by atoms with E-state index in [9.17, 15) is 0 Å². The lowest BCUT2D eigenvalue weighted by atomic mass is 10.3. The van der Waals surface area contributed by atoms with E-state index in [2.05, 4.69) is 25.2 Å². The van der Waals surface area contributed by atoms with Crippen molar-refractivity contribution in [3.8, 4) is 16.5 Å². The standard InChI is InChI=1S/C18H19N5O2S/c1-24-14-6-4-13(5-7-14)19-17-20-16(15-3-2-12-26-15)21-18(22-17)23-8-10-25-11-9-23/h2-7,12H,8-11H2,1H3,(H,19,20,21,22). The first kappa shape index (κ1) is 16.7. The van der Waals surface area contributed by atoms with Gasteiger partial charge in [-0.05, 0) is 35.7 Å². The summed E-state index contributed by atoms with van der Waals surface area (Å²) in [4.78, 5) is 17.0. The smallest absolute Gasteiger partial charge is 0.232 e. The van der Waals surface area contributed by atoms with Crippen LogP contribution in [-0.2, 0) is 4.74 Å². The number of rotatable bonds is 5. The van der Waals surface area contributed by atoms with Crippen LogP contribution in [0.5, 0.6) is 5.75 Å². The molecule has 0 atom stereocenters. The number of anilines is 3. The highest BCUT2D eigenvalue weighted by atomic mass is 32.1. The van der Waals surface area contributed by atoms with Crippen molar-refractivity contribution < 1.29 is 9.47 Å². The third-order valence-corrected chi connectivity index (χ3v) is 4.87. The van der Waals surface area contributed by atoms with Crippen LogP contribution in [0.15, 0.2) is 41.8 Å². The second kappa shape index (κ2) is 7.67. The Morgan fingerprint density at radius 3 is 2.58 bits per heavy atom. The average Bonchev–Trinajstić information content (AvgIpc) is 3.24. The normalized spacial score (nSPS) is 14.3. The van der Waals surface area contributed by atoms with Crippen molar-refractivity contribution in [1.82, 2.24) is 15.0 Å². The molecule has 0 aliphatic carbocycles. The Morgan fingerprint density at radius 1 is 1.08 bits per heavy atom. The number of morpholine rings is 1. The molecule has 1 aromatic carbocycles. The number of nitrogens with one attached hydrogen (secondary N) is 1. The van der Waals surface area contributed by atoms with Crippen LogP contribution in [-0.4, -0.2) is 48.4 Å². The number of thiophene rings is 1. The lowest BCUT2D eigenvalue weighted by Gasteiger charge is -2.27. The molecule has 0 radical (unpaired) electrons.